The van der Waals surface area contributed by atoms with E-state index in [-0.39, 0.29) is 11.3 Å². The second-order valence-electron chi connectivity index (χ2n) is 4.30. The number of carboxylic acid groups (broad SMARTS) is 1. The van der Waals surface area contributed by atoms with E-state index in [0.29, 0.717) is 5.39 Å². The molecule has 0 saturated carbocycles. The van der Waals surface area contributed by atoms with Crippen LogP contribution in [-0.2, 0) is 0 Å². The van der Waals surface area contributed by atoms with Crippen molar-refractivity contribution in [2.75, 3.05) is 0 Å². The Morgan fingerprint density at radius 1 is 1.00 bits per heavy atom. The Labute approximate surface area is 109 Å². The number of carboxylic acids is 1. The van der Waals surface area contributed by atoms with Gasteiger partial charge in [-0.2, -0.15) is 0 Å². The summed E-state index contributed by atoms with van der Waals surface area (Å²) in [5.41, 5.74) is 0.258. The Kier molecular flexibility index (Phi) is 2.43. The fourth-order valence-electron chi connectivity index (χ4n) is 2.32. The Morgan fingerprint density at radius 2 is 1.68 bits per heavy atom. The second kappa shape index (κ2) is 4.11. The summed E-state index contributed by atoms with van der Waals surface area (Å²) >= 11 is 0. The van der Waals surface area contributed by atoms with Gasteiger partial charge in [0.2, 0.25) is 5.69 Å². The van der Waals surface area contributed by atoms with Gasteiger partial charge in [0.25, 0.3) is 0 Å². The Balaban J connectivity index is 2.51. The predicted octanol–water partition coefficient (Wildman–Crippen LogP) is 4.24. The van der Waals surface area contributed by atoms with Crippen molar-refractivity contribution >= 4 is 33.2 Å². The van der Waals surface area contributed by atoms with Gasteiger partial charge < -0.3 is 5.11 Å². The third-order valence-electron chi connectivity index (χ3n) is 3.20. The number of nitrogens with zero attached hydrogens (tertiary/aromatic N) is 1. The molecule has 0 spiro atoms. The molecule has 0 aliphatic heterocycles. The molecule has 3 aromatic carbocycles. The van der Waals surface area contributed by atoms with Crippen LogP contribution in [0.2, 0.25) is 0 Å². The molecule has 0 aromatic heterocycles. The van der Waals surface area contributed by atoms with Crippen molar-refractivity contribution in [3.8, 4) is 0 Å². The number of rotatable bonds is 1. The van der Waals surface area contributed by atoms with E-state index in [4.69, 9.17) is 6.57 Å². The summed E-state index contributed by atoms with van der Waals surface area (Å²) in [5, 5.41) is 12.8. The molecule has 0 fully saturated rings. The first-order valence-electron chi connectivity index (χ1n) is 5.77. The number of hydrogen-bond donors (Lipinski definition) is 1. The van der Waals surface area contributed by atoms with Crippen LogP contribution in [-0.4, -0.2) is 11.1 Å². The van der Waals surface area contributed by atoms with Gasteiger partial charge in [-0.05, 0) is 33.7 Å². The summed E-state index contributed by atoms with van der Waals surface area (Å²) < 4.78 is 0. The monoisotopic (exact) mass is 247 g/mol. The number of carbonyl (C=O) groups is 1. The maximum atomic E-state index is 11.4. The molecule has 90 valence electrons. The van der Waals surface area contributed by atoms with Gasteiger partial charge in [0.05, 0.1) is 12.1 Å². The predicted molar refractivity (Wildman–Crippen MR) is 74.7 cm³/mol. The minimum atomic E-state index is -1.06. The molecule has 3 rings (SSSR count). The molecule has 0 saturated heterocycles. The molecule has 0 atom stereocenters. The number of aromatic carboxylic acids is 1. The highest BCUT2D eigenvalue weighted by Gasteiger charge is 2.14. The normalized spacial score (nSPS) is 10.5. The largest absolute Gasteiger partial charge is 0.479 e. The minimum Gasteiger partial charge on any atom is -0.479 e. The molecule has 3 nitrogen and oxygen atoms in total. The van der Waals surface area contributed by atoms with Crippen LogP contribution < -0.4 is 0 Å². The molecule has 0 radical (unpaired) electrons. The zero-order valence-corrected chi connectivity index (χ0v) is 9.92. The molecule has 3 heteroatoms. The van der Waals surface area contributed by atoms with Crippen LogP contribution in [0.15, 0.2) is 48.5 Å². The standard InChI is InChI=1S/C16H9NO2/c1-17-14-7-6-12-8-10-4-2-3-5-11(10)9-13(12)15(14)16(18)19/h2-9H,(H,18,19). The highest BCUT2D eigenvalue weighted by atomic mass is 16.4. The third-order valence-corrected chi connectivity index (χ3v) is 3.20. The summed E-state index contributed by atoms with van der Waals surface area (Å²) in [5.74, 6) is -1.06. The lowest BCUT2D eigenvalue weighted by Crippen LogP contribution is -1.97. The molecule has 0 unspecified atom stereocenters. The highest BCUT2D eigenvalue weighted by Crippen LogP contribution is 2.31. The third kappa shape index (κ3) is 1.71. The van der Waals surface area contributed by atoms with Crippen LogP contribution in [0.4, 0.5) is 5.69 Å². The van der Waals surface area contributed by atoms with Gasteiger partial charge >= 0.3 is 5.97 Å². The van der Waals surface area contributed by atoms with E-state index in [1.165, 1.54) is 0 Å². The summed E-state index contributed by atoms with van der Waals surface area (Å²) in [6, 6.07) is 14.9. The molecular weight excluding hydrogens is 238 g/mol. The first-order chi connectivity index (χ1) is 9.20. The fraction of sp³-hybridized carbons (Fsp3) is 0. The van der Waals surface area contributed by atoms with Crippen molar-refractivity contribution < 1.29 is 9.90 Å². The van der Waals surface area contributed by atoms with Gasteiger partial charge in [0.15, 0.2) is 0 Å². The number of benzene rings is 3. The molecule has 0 heterocycles. The summed E-state index contributed by atoms with van der Waals surface area (Å²) in [6.45, 7) is 7.08. The van der Waals surface area contributed by atoms with Crippen molar-refractivity contribution in [2.24, 2.45) is 0 Å². The molecule has 0 aliphatic carbocycles. The van der Waals surface area contributed by atoms with Gasteiger partial charge in [-0.1, -0.05) is 36.4 Å². The van der Waals surface area contributed by atoms with Gasteiger partial charge in [0, 0.05) is 0 Å². The van der Waals surface area contributed by atoms with Crippen LogP contribution in [0.1, 0.15) is 10.4 Å². The van der Waals surface area contributed by atoms with Crippen molar-refractivity contribution in [3.63, 3.8) is 0 Å². The zero-order chi connectivity index (χ0) is 13.4. The zero-order valence-electron chi connectivity index (χ0n) is 9.92. The van der Waals surface area contributed by atoms with Crippen molar-refractivity contribution in [1.29, 1.82) is 0 Å². The van der Waals surface area contributed by atoms with E-state index in [0.717, 1.165) is 16.2 Å². The highest BCUT2D eigenvalue weighted by molar-refractivity contribution is 6.12. The van der Waals surface area contributed by atoms with Crippen LogP contribution in [0, 0.1) is 6.57 Å². The maximum absolute atomic E-state index is 11.4. The molecular formula is C16H9NO2. The van der Waals surface area contributed by atoms with Crippen molar-refractivity contribution in [1.82, 2.24) is 0 Å². The first kappa shape index (κ1) is 11.2. The maximum Gasteiger partial charge on any atom is 0.325 e. The van der Waals surface area contributed by atoms with Crippen molar-refractivity contribution in [3.05, 3.63) is 65.5 Å². The van der Waals surface area contributed by atoms with Gasteiger partial charge in [-0.25, -0.2) is 9.64 Å². The molecule has 0 bridgehead atoms. The second-order valence-corrected chi connectivity index (χ2v) is 4.30. The molecule has 19 heavy (non-hydrogen) atoms. The van der Waals surface area contributed by atoms with E-state index in [1.807, 2.05) is 36.4 Å². The first-order valence-corrected chi connectivity index (χ1v) is 5.77. The topological polar surface area (TPSA) is 41.7 Å². The van der Waals surface area contributed by atoms with E-state index in [2.05, 4.69) is 4.85 Å². The smallest absolute Gasteiger partial charge is 0.325 e. The summed E-state index contributed by atoms with van der Waals surface area (Å²) in [6.07, 6.45) is 0. The van der Waals surface area contributed by atoms with Gasteiger partial charge in [-0.15, -0.1) is 0 Å². The number of hydrogen-bond acceptors (Lipinski definition) is 1. The van der Waals surface area contributed by atoms with Crippen LogP contribution in [0.3, 0.4) is 0 Å². The van der Waals surface area contributed by atoms with Gasteiger partial charge in [-0.3, -0.25) is 0 Å². The van der Waals surface area contributed by atoms with Crippen LogP contribution >= 0.6 is 0 Å². The Bertz CT molecular complexity index is 860. The lowest BCUT2D eigenvalue weighted by atomic mass is 9.98. The summed E-state index contributed by atoms with van der Waals surface area (Å²) in [7, 11) is 0. The Morgan fingerprint density at radius 3 is 2.32 bits per heavy atom. The molecule has 3 aromatic rings. The lowest BCUT2D eigenvalue weighted by Gasteiger charge is -2.07. The SMILES string of the molecule is [C-]#[N+]c1ccc2cc3ccccc3cc2c1C(=O)O. The van der Waals surface area contributed by atoms with Crippen LogP contribution in [0.5, 0.6) is 0 Å². The lowest BCUT2D eigenvalue weighted by molar-refractivity contribution is 0.0700. The van der Waals surface area contributed by atoms with Crippen LogP contribution in [0.25, 0.3) is 26.4 Å². The van der Waals surface area contributed by atoms with Crippen molar-refractivity contribution in [2.45, 2.75) is 0 Å². The van der Waals surface area contributed by atoms with E-state index in [9.17, 15) is 9.90 Å². The minimum absolute atomic E-state index is 0.0817. The molecule has 1 N–H and O–H groups in total. The van der Waals surface area contributed by atoms with E-state index >= 15 is 0 Å². The summed E-state index contributed by atoms with van der Waals surface area (Å²) in [4.78, 5) is 14.7. The number of fused-ring (bicyclic) bond motifs is 2. The quantitative estimate of drug-likeness (QED) is 0.516. The van der Waals surface area contributed by atoms with Gasteiger partial charge in [0.1, 0.15) is 0 Å². The molecule has 0 amide bonds. The average Bonchev–Trinajstić information content (AvgIpc) is 2.43. The average molecular weight is 247 g/mol. The van der Waals surface area contributed by atoms with E-state index in [1.54, 1.807) is 12.1 Å². The fourth-order valence-corrected chi connectivity index (χ4v) is 2.32. The molecule has 0 aliphatic rings. The van der Waals surface area contributed by atoms with E-state index < -0.39 is 5.97 Å². The Hall–Kier alpha value is -2.86.